The number of amides is 1. The predicted octanol–water partition coefficient (Wildman–Crippen LogP) is 6.64. The first-order chi connectivity index (χ1) is 18.1. The quantitative estimate of drug-likeness (QED) is 0.298. The molecule has 2 fully saturated rings. The van der Waals surface area contributed by atoms with Crippen molar-refractivity contribution in [1.82, 2.24) is 14.5 Å². The van der Waals surface area contributed by atoms with Crippen molar-refractivity contribution >= 4 is 22.9 Å². The highest BCUT2D eigenvalue weighted by Crippen LogP contribution is 2.34. The van der Waals surface area contributed by atoms with Crippen LogP contribution in [0.25, 0.3) is 11.0 Å². The van der Waals surface area contributed by atoms with Crippen LogP contribution in [0.15, 0.2) is 72.8 Å². The molecule has 0 bridgehead atoms. The van der Waals surface area contributed by atoms with Crippen LogP contribution in [0.4, 0.5) is 5.95 Å². The smallest absolute Gasteiger partial charge is 0.254 e. The minimum absolute atomic E-state index is 0.169. The van der Waals surface area contributed by atoms with Crippen molar-refractivity contribution in [3.8, 4) is 11.5 Å². The molecule has 0 aliphatic heterocycles. The van der Waals surface area contributed by atoms with E-state index in [2.05, 4.69) is 16.0 Å². The van der Waals surface area contributed by atoms with Gasteiger partial charge < -0.3 is 19.9 Å². The Morgan fingerprint density at radius 3 is 2.51 bits per heavy atom. The van der Waals surface area contributed by atoms with E-state index >= 15 is 0 Å². The number of carbonyl (C=O) groups is 1. The molecule has 3 aromatic carbocycles. The average molecular weight is 495 g/mol. The van der Waals surface area contributed by atoms with Crippen LogP contribution in [0, 0.1) is 5.92 Å². The Hall–Kier alpha value is -3.80. The van der Waals surface area contributed by atoms with Crippen molar-refractivity contribution in [3.05, 3.63) is 83.9 Å². The molecule has 37 heavy (non-hydrogen) atoms. The van der Waals surface area contributed by atoms with Gasteiger partial charge in [-0.1, -0.05) is 49.6 Å². The molecule has 6 nitrogen and oxygen atoms in total. The highest BCUT2D eigenvalue weighted by molar-refractivity contribution is 5.94. The van der Waals surface area contributed by atoms with E-state index in [-0.39, 0.29) is 5.91 Å². The summed E-state index contributed by atoms with van der Waals surface area (Å²) in [6.07, 6.45) is 8.49. The molecular weight excluding hydrogens is 460 g/mol. The lowest BCUT2D eigenvalue weighted by Gasteiger charge is -2.34. The minimum Gasteiger partial charge on any atom is -0.457 e. The average Bonchev–Trinajstić information content (AvgIpc) is 3.71. The molecule has 6 rings (SSSR count). The summed E-state index contributed by atoms with van der Waals surface area (Å²) in [5, 5.41) is 0. The molecule has 2 saturated carbocycles. The number of fused-ring (bicyclic) bond motifs is 1. The lowest BCUT2D eigenvalue weighted by Crippen LogP contribution is -2.42. The Kier molecular flexibility index (Phi) is 6.56. The zero-order valence-corrected chi connectivity index (χ0v) is 21.2. The van der Waals surface area contributed by atoms with Crippen molar-refractivity contribution in [1.29, 1.82) is 0 Å². The van der Waals surface area contributed by atoms with E-state index in [1.165, 1.54) is 32.1 Å². The van der Waals surface area contributed by atoms with Crippen LogP contribution in [-0.4, -0.2) is 32.9 Å². The normalized spacial score (nSPS) is 16.1. The van der Waals surface area contributed by atoms with Gasteiger partial charge in [-0.25, -0.2) is 4.98 Å². The molecule has 0 saturated heterocycles. The molecule has 0 atom stereocenters. The van der Waals surface area contributed by atoms with Crippen molar-refractivity contribution < 1.29 is 9.53 Å². The molecule has 2 aliphatic carbocycles. The van der Waals surface area contributed by atoms with Crippen LogP contribution in [-0.2, 0) is 6.54 Å². The number of para-hydroxylation sites is 1. The Morgan fingerprint density at radius 1 is 0.919 bits per heavy atom. The number of carbonyl (C=O) groups excluding carboxylic acids is 1. The fourth-order valence-corrected chi connectivity index (χ4v) is 5.50. The van der Waals surface area contributed by atoms with Gasteiger partial charge in [-0.3, -0.25) is 4.79 Å². The van der Waals surface area contributed by atoms with Gasteiger partial charge in [-0.05, 0) is 73.6 Å². The molecule has 1 aromatic heterocycles. The number of nitrogens with zero attached hydrogens (tertiary/aromatic N) is 3. The van der Waals surface area contributed by atoms with Crippen LogP contribution >= 0.6 is 0 Å². The third kappa shape index (κ3) is 5.33. The number of nitrogens with two attached hydrogens (primary N) is 1. The molecule has 1 amide bonds. The number of benzene rings is 3. The van der Waals surface area contributed by atoms with E-state index in [9.17, 15) is 4.79 Å². The first-order valence-electron chi connectivity index (χ1n) is 13.5. The first-order valence-corrected chi connectivity index (χ1v) is 13.5. The van der Waals surface area contributed by atoms with Crippen molar-refractivity contribution in [2.75, 3.05) is 12.3 Å². The summed E-state index contributed by atoms with van der Waals surface area (Å²) in [6.45, 7) is 1.43. The number of nitrogen functional groups attached to an aromatic ring is 1. The fraction of sp³-hybridized carbons (Fsp3) is 0.355. The van der Waals surface area contributed by atoms with E-state index in [4.69, 9.17) is 10.5 Å². The summed E-state index contributed by atoms with van der Waals surface area (Å²) >= 11 is 0. The van der Waals surface area contributed by atoms with Gasteiger partial charge in [0.25, 0.3) is 5.91 Å². The maximum absolute atomic E-state index is 13.7. The standard InChI is InChI=1S/C31H34N4O2/c32-31-33-28-17-16-27(37-26-12-5-2-6-13-26)19-29(28)35(31)21-23-8-7-9-24(18-23)30(36)34(20-22-14-15-22)25-10-3-1-4-11-25/h2,5-9,12-13,16-19,22,25H,1,3-4,10-11,14-15,20-21H2,(H2,32,33). The predicted molar refractivity (Wildman–Crippen MR) is 147 cm³/mol. The summed E-state index contributed by atoms with van der Waals surface area (Å²) in [5.41, 5.74) is 9.86. The molecule has 6 heteroatoms. The lowest BCUT2D eigenvalue weighted by molar-refractivity contribution is 0.0622. The zero-order chi connectivity index (χ0) is 25.2. The third-order valence-corrected chi connectivity index (χ3v) is 7.67. The van der Waals surface area contributed by atoms with Crippen molar-refractivity contribution in [2.24, 2.45) is 5.92 Å². The van der Waals surface area contributed by atoms with Crippen molar-refractivity contribution in [3.63, 3.8) is 0 Å². The van der Waals surface area contributed by atoms with E-state index < -0.39 is 0 Å². The highest BCUT2D eigenvalue weighted by atomic mass is 16.5. The number of rotatable bonds is 8. The number of aromatic nitrogens is 2. The monoisotopic (exact) mass is 494 g/mol. The van der Waals surface area contributed by atoms with Gasteiger partial charge in [-0.2, -0.15) is 0 Å². The van der Waals surface area contributed by atoms with E-state index in [0.717, 1.165) is 53.0 Å². The number of anilines is 1. The molecule has 4 aromatic rings. The summed E-state index contributed by atoms with van der Waals surface area (Å²) < 4.78 is 8.03. The molecule has 0 radical (unpaired) electrons. The molecular formula is C31H34N4O2. The second kappa shape index (κ2) is 10.3. The van der Waals surface area contributed by atoms with Crippen LogP contribution in [0.1, 0.15) is 60.9 Å². The van der Waals surface area contributed by atoms with Gasteiger partial charge in [-0.15, -0.1) is 0 Å². The third-order valence-electron chi connectivity index (χ3n) is 7.67. The van der Waals surface area contributed by atoms with Crippen molar-refractivity contribution in [2.45, 2.75) is 57.5 Å². The largest absolute Gasteiger partial charge is 0.457 e. The molecule has 0 unspecified atom stereocenters. The fourth-order valence-electron chi connectivity index (χ4n) is 5.50. The van der Waals surface area contributed by atoms with Gasteiger partial charge in [0.05, 0.1) is 17.6 Å². The molecule has 0 spiro atoms. The van der Waals surface area contributed by atoms with Crippen LogP contribution < -0.4 is 10.5 Å². The number of hydrogen-bond acceptors (Lipinski definition) is 4. The number of hydrogen-bond donors (Lipinski definition) is 1. The van der Waals surface area contributed by atoms with Crippen LogP contribution in [0.3, 0.4) is 0 Å². The second-order valence-electron chi connectivity index (χ2n) is 10.5. The second-order valence-corrected chi connectivity index (χ2v) is 10.5. The van der Waals surface area contributed by atoms with Crippen LogP contribution in [0.2, 0.25) is 0 Å². The Balaban J connectivity index is 1.25. The van der Waals surface area contributed by atoms with Gasteiger partial charge in [0, 0.05) is 24.2 Å². The lowest BCUT2D eigenvalue weighted by atomic mass is 9.93. The zero-order valence-electron chi connectivity index (χ0n) is 21.2. The summed E-state index contributed by atoms with van der Waals surface area (Å²) in [7, 11) is 0. The minimum atomic E-state index is 0.169. The Morgan fingerprint density at radius 2 is 1.73 bits per heavy atom. The summed E-state index contributed by atoms with van der Waals surface area (Å²) in [6, 6.07) is 23.9. The van der Waals surface area contributed by atoms with E-state index in [1.54, 1.807) is 0 Å². The molecule has 190 valence electrons. The molecule has 2 aliphatic rings. The van der Waals surface area contributed by atoms with E-state index in [1.807, 2.05) is 71.3 Å². The highest BCUT2D eigenvalue weighted by Gasteiger charge is 2.32. The summed E-state index contributed by atoms with van der Waals surface area (Å²) in [4.78, 5) is 20.5. The maximum atomic E-state index is 13.7. The molecule has 2 N–H and O–H groups in total. The van der Waals surface area contributed by atoms with Gasteiger partial charge in [0.2, 0.25) is 5.95 Å². The summed E-state index contributed by atoms with van der Waals surface area (Å²) in [5.74, 6) is 2.80. The Labute approximate surface area is 218 Å². The van der Waals surface area contributed by atoms with Gasteiger partial charge in [0.15, 0.2) is 0 Å². The SMILES string of the molecule is Nc1nc2ccc(Oc3ccccc3)cc2n1Cc1cccc(C(=O)N(CC2CC2)C2CCCCC2)c1. The first kappa shape index (κ1) is 23.6. The van der Waals surface area contributed by atoms with Gasteiger partial charge in [0.1, 0.15) is 11.5 Å². The number of ether oxygens (including phenoxy) is 1. The maximum Gasteiger partial charge on any atom is 0.254 e. The van der Waals surface area contributed by atoms with Crippen LogP contribution in [0.5, 0.6) is 11.5 Å². The number of imidazole rings is 1. The Bertz CT molecular complexity index is 1390. The topological polar surface area (TPSA) is 73.4 Å². The molecule has 1 heterocycles. The van der Waals surface area contributed by atoms with Gasteiger partial charge >= 0.3 is 0 Å². The van der Waals surface area contributed by atoms with E-state index in [0.29, 0.717) is 24.5 Å².